The SMILES string of the molecule is COC(=O)C(C)CN(Cc1ccccc1)C(=O)c1ccn(-c2cc(C)ccc2OC)n1. The quantitative estimate of drug-likeness (QED) is 0.519. The Morgan fingerprint density at radius 1 is 1.10 bits per heavy atom. The van der Waals surface area contributed by atoms with Crippen molar-refractivity contribution in [3.63, 3.8) is 0 Å². The van der Waals surface area contributed by atoms with Crippen molar-refractivity contribution in [3.05, 3.63) is 77.6 Å². The molecule has 0 aliphatic heterocycles. The van der Waals surface area contributed by atoms with Gasteiger partial charge in [-0.25, -0.2) is 4.68 Å². The van der Waals surface area contributed by atoms with Crippen LogP contribution in [-0.4, -0.2) is 47.3 Å². The van der Waals surface area contributed by atoms with Crippen LogP contribution in [0.25, 0.3) is 5.69 Å². The highest BCUT2D eigenvalue weighted by Crippen LogP contribution is 2.24. The molecule has 0 spiro atoms. The molecule has 0 radical (unpaired) electrons. The summed E-state index contributed by atoms with van der Waals surface area (Å²) in [5.74, 6) is -0.421. The molecule has 1 heterocycles. The highest BCUT2D eigenvalue weighted by molar-refractivity contribution is 5.92. The average molecular weight is 421 g/mol. The third kappa shape index (κ3) is 5.31. The van der Waals surface area contributed by atoms with E-state index < -0.39 is 5.92 Å². The first kappa shape index (κ1) is 22.1. The number of methoxy groups -OCH3 is 2. The number of hydrogen-bond donors (Lipinski definition) is 0. The summed E-state index contributed by atoms with van der Waals surface area (Å²) in [6, 6.07) is 17.1. The number of benzene rings is 2. The highest BCUT2D eigenvalue weighted by Gasteiger charge is 2.24. The van der Waals surface area contributed by atoms with Gasteiger partial charge in [-0.2, -0.15) is 5.10 Å². The lowest BCUT2D eigenvalue weighted by Crippen LogP contribution is -2.37. The number of hydrogen-bond acceptors (Lipinski definition) is 5. The van der Waals surface area contributed by atoms with Crippen molar-refractivity contribution < 1.29 is 19.1 Å². The van der Waals surface area contributed by atoms with Crippen molar-refractivity contribution in [2.75, 3.05) is 20.8 Å². The van der Waals surface area contributed by atoms with Gasteiger partial charge in [0.25, 0.3) is 5.91 Å². The lowest BCUT2D eigenvalue weighted by atomic mass is 10.1. The van der Waals surface area contributed by atoms with Gasteiger partial charge in [-0.3, -0.25) is 9.59 Å². The summed E-state index contributed by atoms with van der Waals surface area (Å²) >= 11 is 0. The number of carbonyl (C=O) groups excluding carboxylic acids is 2. The molecule has 7 heteroatoms. The number of aryl methyl sites for hydroxylation is 1. The van der Waals surface area contributed by atoms with Crippen molar-refractivity contribution >= 4 is 11.9 Å². The topological polar surface area (TPSA) is 73.7 Å². The lowest BCUT2D eigenvalue weighted by molar-refractivity contribution is -0.145. The minimum absolute atomic E-state index is 0.223. The van der Waals surface area contributed by atoms with Crippen LogP contribution < -0.4 is 4.74 Å². The van der Waals surface area contributed by atoms with E-state index >= 15 is 0 Å². The zero-order valence-corrected chi connectivity index (χ0v) is 18.2. The van der Waals surface area contributed by atoms with Crippen LogP contribution in [0.15, 0.2) is 60.8 Å². The van der Waals surface area contributed by atoms with Crippen molar-refractivity contribution in [2.45, 2.75) is 20.4 Å². The molecule has 1 atom stereocenters. The Morgan fingerprint density at radius 3 is 2.52 bits per heavy atom. The summed E-state index contributed by atoms with van der Waals surface area (Å²) < 4.78 is 11.9. The number of esters is 1. The largest absolute Gasteiger partial charge is 0.494 e. The van der Waals surface area contributed by atoms with Crippen LogP contribution in [0.3, 0.4) is 0 Å². The molecule has 0 saturated carbocycles. The maximum atomic E-state index is 13.3. The molecule has 7 nitrogen and oxygen atoms in total. The molecule has 0 N–H and O–H groups in total. The van der Waals surface area contributed by atoms with E-state index in [4.69, 9.17) is 9.47 Å². The summed E-state index contributed by atoms with van der Waals surface area (Å²) in [5, 5.41) is 4.49. The average Bonchev–Trinajstić information content (AvgIpc) is 3.28. The van der Waals surface area contributed by atoms with Crippen LogP contribution in [-0.2, 0) is 16.1 Å². The van der Waals surface area contributed by atoms with Crippen LogP contribution in [0.5, 0.6) is 5.75 Å². The molecule has 1 unspecified atom stereocenters. The lowest BCUT2D eigenvalue weighted by Gasteiger charge is -2.24. The minimum atomic E-state index is -0.461. The fourth-order valence-corrected chi connectivity index (χ4v) is 3.34. The smallest absolute Gasteiger partial charge is 0.310 e. The third-order valence-corrected chi connectivity index (χ3v) is 4.99. The number of ether oxygens (including phenoxy) is 2. The number of amides is 1. The number of carbonyl (C=O) groups is 2. The molecule has 0 aliphatic carbocycles. The van der Waals surface area contributed by atoms with Gasteiger partial charge in [-0.05, 0) is 36.2 Å². The minimum Gasteiger partial charge on any atom is -0.494 e. The van der Waals surface area contributed by atoms with Gasteiger partial charge in [0.2, 0.25) is 0 Å². The van der Waals surface area contributed by atoms with Gasteiger partial charge in [0, 0.05) is 19.3 Å². The van der Waals surface area contributed by atoms with Crippen LogP contribution in [0.2, 0.25) is 0 Å². The maximum Gasteiger partial charge on any atom is 0.310 e. The van der Waals surface area contributed by atoms with E-state index in [-0.39, 0.29) is 24.1 Å². The van der Waals surface area contributed by atoms with E-state index in [1.807, 2.05) is 55.5 Å². The first-order valence-corrected chi connectivity index (χ1v) is 10.0. The van der Waals surface area contributed by atoms with Gasteiger partial charge >= 0.3 is 5.97 Å². The first-order valence-electron chi connectivity index (χ1n) is 10.0. The molecule has 162 valence electrons. The summed E-state index contributed by atoms with van der Waals surface area (Å²) in [7, 11) is 2.94. The van der Waals surface area contributed by atoms with Crippen molar-refractivity contribution in [3.8, 4) is 11.4 Å². The Kier molecular flexibility index (Phi) is 7.07. The third-order valence-electron chi connectivity index (χ3n) is 4.99. The van der Waals surface area contributed by atoms with E-state index in [9.17, 15) is 9.59 Å². The second kappa shape index (κ2) is 9.93. The molecule has 0 aliphatic rings. The van der Waals surface area contributed by atoms with Crippen molar-refractivity contribution in [1.29, 1.82) is 0 Å². The molecule has 0 bridgehead atoms. The maximum absolute atomic E-state index is 13.3. The van der Waals surface area contributed by atoms with E-state index in [0.717, 1.165) is 16.8 Å². The fourth-order valence-electron chi connectivity index (χ4n) is 3.34. The van der Waals surface area contributed by atoms with E-state index in [2.05, 4.69) is 5.10 Å². The number of nitrogens with zero attached hydrogens (tertiary/aromatic N) is 3. The molecule has 3 rings (SSSR count). The van der Waals surface area contributed by atoms with E-state index in [1.54, 1.807) is 35.9 Å². The molecule has 0 fully saturated rings. The zero-order valence-electron chi connectivity index (χ0n) is 18.2. The predicted octanol–water partition coefficient (Wildman–Crippen LogP) is 3.64. The molecule has 1 aromatic heterocycles. The van der Waals surface area contributed by atoms with Gasteiger partial charge in [-0.15, -0.1) is 0 Å². The van der Waals surface area contributed by atoms with E-state index in [0.29, 0.717) is 12.3 Å². The number of rotatable bonds is 8. The van der Waals surface area contributed by atoms with Gasteiger partial charge in [0.15, 0.2) is 5.69 Å². The molecule has 1 amide bonds. The van der Waals surface area contributed by atoms with Crippen LogP contribution in [0.4, 0.5) is 0 Å². The second-order valence-electron chi connectivity index (χ2n) is 7.42. The standard InChI is InChI=1S/C24H27N3O4/c1-17-10-11-22(30-3)21(14-17)27-13-12-20(25-27)23(28)26(15-18(2)24(29)31-4)16-19-8-6-5-7-9-19/h5-14,18H,15-16H2,1-4H3. The summed E-state index contributed by atoms with van der Waals surface area (Å²) in [6.07, 6.45) is 1.73. The Bertz CT molecular complexity index is 1050. The van der Waals surface area contributed by atoms with Gasteiger partial charge in [0.05, 0.1) is 20.1 Å². The normalized spacial score (nSPS) is 11.6. The van der Waals surface area contributed by atoms with Gasteiger partial charge in [0.1, 0.15) is 11.4 Å². The van der Waals surface area contributed by atoms with Crippen LogP contribution >= 0.6 is 0 Å². The monoisotopic (exact) mass is 421 g/mol. The molecular weight excluding hydrogens is 394 g/mol. The molecule has 3 aromatic rings. The summed E-state index contributed by atoms with van der Waals surface area (Å²) in [6.45, 7) is 4.31. The van der Waals surface area contributed by atoms with Crippen LogP contribution in [0, 0.1) is 12.8 Å². The summed E-state index contributed by atoms with van der Waals surface area (Å²) in [4.78, 5) is 26.9. The Morgan fingerprint density at radius 2 is 1.84 bits per heavy atom. The number of aromatic nitrogens is 2. The van der Waals surface area contributed by atoms with E-state index in [1.165, 1.54) is 7.11 Å². The molecular formula is C24H27N3O4. The first-order chi connectivity index (χ1) is 14.9. The zero-order chi connectivity index (χ0) is 22.4. The van der Waals surface area contributed by atoms with Gasteiger partial charge < -0.3 is 14.4 Å². The highest BCUT2D eigenvalue weighted by atomic mass is 16.5. The molecule has 31 heavy (non-hydrogen) atoms. The molecule has 2 aromatic carbocycles. The van der Waals surface area contributed by atoms with Crippen LogP contribution in [0.1, 0.15) is 28.5 Å². The second-order valence-corrected chi connectivity index (χ2v) is 7.42. The molecule has 0 saturated heterocycles. The fraction of sp³-hybridized carbons (Fsp3) is 0.292. The van der Waals surface area contributed by atoms with Crippen molar-refractivity contribution in [1.82, 2.24) is 14.7 Å². The summed E-state index contributed by atoms with van der Waals surface area (Å²) in [5.41, 5.74) is 3.06. The van der Waals surface area contributed by atoms with Crippen molar-refractivity contribution in [2.24, 2.45) is 5.92 Å². The Balaban J connectivity index is 1.89. The Labute approximate surface area is 182 Å². The van der Waals surface area contributed by atoms with Gasteiger partial charge in [-0.1, -0.05) is 43.3 Å². The predicted molar refractivity (Wildman–Crippen MR) is 117 cm³/mol. The Hall–Kier alpha value is -3.61.